The van der Waals surface area contributed by atoms with Crippen molar-refractivity contribution in [3.05, 3.63) is 138 Å². The van der Waals surface area contributed by atoms with Gasteiger partial charge in [0.25, 0.3) is 0 Å². The van der Waals surface area contributed by atoms with Crippen molar-refractivity contribution >= 4 is 43.6 Å². The molecule has 5 aromatic carbocycles. The number of para-hydroxylation sites is 2. The van der Waals surface area contributed by atoms with Gasteiger partial charge in [0.2, 0.25) is 0 Å². The van der Waals surface area contributed by atoms with E-state index in [0.29, 0.717) is 39.3 Å². The summed E-state index contributed by atoms with van der Waals surface area (Å²) in [7, 11) is 0. The van der Waals surface area contributed by atoms with Crippen LogP contribution in [-0.2, 0) is 6.18 Å². The summed E-state index contributed by atoms with van der Waals surface area (Å²) in [5.41, 5.74) is 5.60. The summed E-state index contributed by atoms with van der Waals surface area (Å²) in [6.07, 6.45) is -2.84. The van der Waals surface area contributed by atoms with Gasteiger partial charge in [-0.25, -0.2) is 4.98 Å². The van der Waals surface area contributed by atoms with Gasteiger partial charge in [-0.1, -0.05) is 42.5 Å². The van der Waals surface area contributed by atoms with Gasteiger partial charge in [0.15, 0.2) is 0 Å². The molecule has 0 atom stereocenters. The second-order valence-corrected chi connectivity index (χ2v) is 11.5. The Labute approximate surface area is 266 Å². The minimum Gasteiger partial charge on any atom is -0.307 e. The minimum absolute atomic E-state index is 0.392. The van der Waals surface area contributed by atoms with E-state index in [-0.39, 0.29) is 0 Å². The molecular weight excluding hydrogens is 595 g/mol. The summed E-state index contributed by atoms with van der Waals surface area (Å²) in [6.45, 7) is 1.66. The number of rotatable bonds is 3. The van der Waals surface area contributed by atoms with Crippen molar-refractivity contribution in [2.24, 2.45) is 0 Å². The normalized spacial score (nSPS) is 11.8. The highest BCUT2D eigenvalue weighted by atomic mass is 19.4. The Bertz CT molecular complexity index is 2660. The molecule has 0 N–H and O–H groups in total. The SMILES string of the molecule is Cc1cc(-c2cc(-n3c4ccccc4c4cc(C#N)ccc43)ncc2-n2c3ccccc3c3cc(C#N)ccc32)cc(C(F)(F)F)c1. The van der Waals surface area contributed by atoms with E-state index >= 15 is 0 Å². The van der Waals surface area contributed by atoms with Gasteiger partial charge in [0.05, 0.1) is 62.8 Å². The average molecular weight is 618 g/mol. The first-order valence-corrected chi connectivity index (χ1v) is 14.8. The second kappa shape index (κ2) is 10.3. The second-order valence-electron chi connectivity index (χ2n) is 11.5. The van der Waals surface area contributed by atoms with Crippen LogP contribution >= 0.6 is 0 Å². The molecule has 0 aliphatic heterocycles. The summed E-state index contributed by atoms with van der Waals surface area (Å²) in [6, 6.07) is 36.8. The standard InChI is InChI=1S/C39H22F3N5/c1-23-14-26(18-27(15-23)39(40,41)42)30-19-38(47-34-9-5-3-7-29(34)32-17-25(21-44)11-13-36(32)47)45-22-37(30)46-33-8-4-2-6-28(33)31-16-24(20-43)10-12-35(31)46/h2-19,22H,1H3. The van der Waals surface area contributed by atoms with Gasteiger partial charge in [0.1, 0.15) is 5.82 Å². The molecule has 0 radical (unpaired) electrons. The van der Waals surface area contributed by atoms with E-state index < -0.39 is 11.7 Å². The number of pyridine rings is 1. The number of alkyl halides is 3. The molecule has 0 saturated heterocycles. The van der Waals surface area contributed by atoms with Crippen LogP contribution in [0.1, 0.15) is 22.3 Å². The molecule has 0 aliphatic carbocycles. The van der Waals surface area contributed by atoms with Crippen LogP contribution in [0.3, 0.4) is 0 Å². The fourth-order valence-corrected chi connectivity index (χ4v) is 6.66. The molecule has 0 spiro atoms. The Hall–Kier alpha value is -6.38. The molecule has 8 rings (SSSR count). The zero-order chi connectivity index (χ0) is 32.4. The van der Waals surface area contributed by atoms with Crippen molar-refractivity contribution in [1.82, 2.24) is 14.1 Å². The fourth-order valence-electron chi connectivity index (χ4n) is 6.66. The lowest BCUT2D eigenvalue weighted by atomic mass is 9.99. The van der Waals surface area contributed by atoms with Crippen molar-refractivity contribution < 1.29 is 13.2 Å². The highest BCUT2D eigenvalue weighted by Gasteiger charge is 2.31. The fraction of sp³-hybridized carbons (Fsp3) is 0.0513. The molecule has 0 saturated carbocycles. The highest BCUT2D eigenvalue weighted by molar-refractivity contribution is 6.11. The monoisotopic (exact) mass is 617 g/mol. The van der Waals surface area contributed by atoms with E-state index in [2.05, 4.69) is 12.1 Å². The van der Waals surface area contributed by atoms with E-state index in [9.17, 15) is 23.7 Å². The van der Waals surface area contributed by atoms with Crippen LogP contribution in [0.5, 0.6) is 0 Å². The van der Waals surface area contributed by atoms with Crippen molar-refractivity contribution in [2.75, 3.05) is 0 Å². The Morgan fingerprint density at radius 3 is 1.77 bits per heavy atom. The number of nitrogens with zero attached hydrogens (tertiary/aromatic N) is 5. The molecule has 8 aromatic rings. The van der Waals surface area contributed by atoms with Crippen LogP contribution in [0.25, 0.3) is 66.2 Å². The van der Waals surface area contributed by atoms with Crippen molar-refractivity contribution in [3.63, 3.8) is 0 Å². The first-order chi connectivity index (χ1) is 22.7. The number of hydrogen-bond donors (Lipinski definition) is 0. The third-order valence-corrected chi connectivity index (χ3v) is 8.66. The van der Waals surface area contributed by atoms with Crippen molar-refractivity contribution in [3.8, 4) is 34.8 Å². The number of nitriles is 2. The molecule has 5 nitrogen and oxygen atoms in total. The number of halogens is 3. The smallest absolute Gasteiger partial charge is 0.307 e. The lowest BCUT2D eigenvalue weighted by molar-refractivity contribution is -0.137. The number of aryl methyl sites for hydroxylation is 1. The van der Waals surface area contributed by atoms with E-state index in [0.717, 1.165) is 49.7 Å². The molecule has 8 heteroatoms. The number of benzene rings is 5. The predicted molar refractivity (Wildman–Crippen MR) is 178 cm³/mol. The molecule has 224 valence electrons. The molecule has 0 fully saturated rings. The highest BCUT2D eigenvalue weighted by Crippen LogP contribution is 2.40. The average Bonchev–Trinajstić information content (AvgIpc) is 3.59. The van der Waals surface area contributed by atoms with E-state index in [1.54, 1.807) is 31.3 Å². The molecule has 3 heterocycles. The van der Waals surface area contributed by atoms with Crippen molar-refractivity contribution in [2.45, 2.75) is 13.1 Å². The third-order valence-electron chi connectivity index (χ3n) is 8.66. The van der Waals surface area contributed by atoms with Crippen LogP contribution in [-0.4, -0.2) is 14.1 Å². The van der Waals surface area contributed by atoms with E-state index in [4.69, 9.17) is 4.98 Å². The first-order valence-electron chi connectivity index (χ1n) is 14.8. The van der Waals surface area contributed by atoms with E-state index in [1.165, 1.54) is 6.07 Å². The summed E-state index contributed by atoms with van der Waals surface area (Å²) in [5, 5.41) is 22.8. The predicted octanol–water partition coefficient (Wildman–Crippen LogP) is 10.0. The Balaban J connectivity index is 1.49. The van der Waals surface area contributed by atoms with Crippen LogP contribution in [0.2, 0.25) is 0 Å². The van der Waals surface area contributed by atoms with Gasteiger partial charge in [-0.3, -0.25) is 4.57 Å². The summed E-state index contributed by atoms with van der Waals surface area (Å²) in [5.74, 6) is 0.516. The molecule has 0 bridgehead atoms. The van der Waals surface area contributed by atoms with Gasteiger partial charge in [-0.2, -0.15) is 23.7 Å². The van der Waals surface area contributed by atoms with Gasteiger partial charge in [-0.15, -0.1) is 0 Å². The van der Waals surface area contributed by atoms with Gasteiger partial charge in [0, 0.05) is 27.1 Å². The largest absolute Gasteiger partial charge is 0.416 e. The zero-order valence-corrected chi connectivity index (χ0v) is 24.8. The molecule has 47 heavy (non-hydrogen) atoms. The topological polar surface area (TPSA) is 70.3 Å². The number of hydrogen-bond acceptors (Lipinski definition) is 3. The number of fused-ring (bicyclic) bond motifs is 6. The maximum absolute atomic E-state index is 14.2. The quantitative estimate of drug-likeness (QED) is 0.198. The lowest BCUT2D eigenvalue weighted by Gasteiger charge is -2.18. The summed E-state index contributed by atoms with van der Waals surface area (Å²) in [4.78, 5) is 4.95. The molecule has 0 amide bonds. The Kier molecular flexibility index (Phi) is 6.18. The van der Waals surface area contributed by atoms with E-state index in [1.807, 2.05) is 88.0 Å². The van der Waals surface area contributed by atoms with Crippen LogP contribution in [0, 0.1) is 29.6 Å². The summed E-state index contributed by atoms with van der Waals surface area (Å²) < 4.78 is 46.5. The van der Waals surface area contributed by atoms with Crippen LogP contribution < -0.4 is 0 Å². The van der Waals surface area contributed by atoms with Gasteiger partial charge < -0.3 is 4.57 Å². The maximum Gasteiger partial charge on any atom is 0.416 e. The molecular formula is C39H22F3N5. The molecule has 0 unspecified atom stereocenters. The van der Waals surface area contributed by atoms with Crippen LogP contribution in [0.15, 0.2) is 115 Å². The van der Waals surface area contributed by atoms with Crippen LogP contribution in [0.4, 0.5) is 13.2 Å². The summed E-state index contributed by atoms with van der Waals surface area (Å²) >= 11 is 0. The number of aromatic nitrogens is 3. The van der Waals surface area contributed by atoms with Gasteiger partial charge >= 0.3 is 6.18 Å². The Morgan fingerprint density at radius 1 is 0.617 bits per heavy atom. The lowest BCUT2D eigenvalue weighted by Crippen LogP contribution is -2.07. The Morgan fingerprint density at radius 2 is 1.17 bits per heavy atom. The van der Waals surface area contributed by atoms with Crippen molar-refractivity contribution in [1.29, 1.82) is 10.5 Å². The first kappa shape index (κ1) is 28.1. The maximum atomic E-state index is 14.2. The molecule has 0 aliphatic rings. The third kappa shape index (κ3) is 4.42. The zero-order valence-electron chi connectivity index (χ0n) is 24.8. The van der Waals surface area contributed by atoms with Gasteiger partial charge in [-0.05, 0) is 84.8 Å². The molecule has 3 aromatic heterocycles. The minimum atomic E-state index is -4.54.